The van der Waals surface area contributed by atoms with Gasteiger partial charge in [0.15, 0.2) is 5.69 Å². The first kappa shape index (κ1) is 25.3. The molecule has 10 heteroatoms. The number of hydrogen-bond acceptors (Lipinski definition) is 5. The van der Waals surface area contributed by atoms with E-state index in [4.69, 9.17) is 0 Å². The Morgan fingerprint density at radius 2 is 1.93 bits per heavy atom. The van der Waals surface area contributed by atoms with Crippen LogP contribution in [0.15, 0.2) is 24.3 Å². The number of carbonyl (C=O) groups is 1. The molecule has 7 nitrogen and oxygen atoms in total. The fraction of sp³-hybridized carbons (Fsp3) is 0.526. The number of nitrogens with one attached hydrogen (secondary N) is 2. The second-order valence-corrected chi connectivity index (χ2v) is 7.07. The third-order valence-electron chi connectivity index (χ3n) is 4.94. The molecule has 1 aromatic heterocycles. The standard InChI is InChI=1S/C19H27FN6O.2ClH/c1-14-18(23-24-26(14)17-7-9-21-10-8-17)19(27)22-11-12-25(2)13-15-3-5-16(20)6-4-15;;/h3-6,17,21H,7-13H2,1-2H3,(H,22,27);2*1H. The largest absolute Gasteiger partial charge is 0.349 e. The second-order valence-electron chi connectivity index (χ2n) is 7.07. The zero-order valence-corrected chi connectivity index (χ0v) is 18.4. The van der Waals surface area contributed by atoms with Gasteiger partial charge < -0.3 is 15.5 Å². The summed E-state index contributed by atoms with van der Waals surface area (Å²) >= 11 is 0. The van der Waals surface area contributed by atoms with Crippen LogP contribution in [0.25, 0.3) is 0 Å². The Labute approximate surface area is 183 Å². The molecule has 1 fully saturated rings. The summed E-state index contributed by atoms with van der Waals surface area (Å²) in [4.78, 5) is 14.5. The molecule has 1 amide bonds. The predicted molar refractivity (Wildman–Crippen MR) is 115 cm³/mol. The van der Waals surface area contributed by atoms with Crippen molar-refractivity contribution < 1.29 is 9.18 Å². The van der Waals surface area contributed by atoms with Gasteiger partial charge in [-0.25, -0.2) is 9.07 Å². The molecule has 1 aliphatic rings. The zero-order chi connectivity index (χ0) is 19.2. The molecule has 1 aliphatic heterocycles. The molecule has 3 rings (SSSR count). The molecular weight excluding hydrogens is 418 g/mol. The molecule has 0 bridgehead atoms. The molecular formula is C19H29Cl2FN6O. The molecule has 2 N–H and O–H groups in total. The highest BCUT2D eigenvalue weighted by molar-refractivity contribution is 5.93. The maximum Gasteiger partial charge on any atom is 0.273 e. The topological polar surface area (TPSA) is 75.1 Å². The first-order chi connectivity index (χ1) is 13.0. The second kappa shape index (κ2) is 12.1. The Hall–Kier alpha value is -1.74. The van der Waals surface area contributed by atoms with Crippen molar-refractivity contribution in [3.05, 3.63) is 47.0 Å². The van der Waals surface area contributed by atoms with Crippen molar-refractivity contribution in [3.63, 3.8) is 0 Å². The van der Waals surface area contributed by atoms with Crippen LogP contribution in [0.4, 0.5) is 4.39 Å². The Bertz CT molecular complexity index is 765. The van der Waals surface area contributed by atoms with Gasteiger partial charge in [0.25, 0.3) is 5.91 Å². The van der Waals surface area contributed by atoms with Crippen LogP contribution in [0.3, 0.4) is 0 Å². The summed E-state index contributed by atoms with van der Waals surface area (Å²) in [5.41, 5.74) is 2.25. The summed E-state index contributed by atoms with van der Waals surface area (Å²) in [7, 11) is 1.97. The summed E-state index contributed by atoms with van der Waals surface area (Å²) in [6.07, 6.45) is 2.00. The van der Waals surface area contributed by atoms with E-state index in [1.54, 1.807) is 12.1 Å². The maximum absolute atomic E-state index is 13.0. The number of likely N-dealkylation sites (N-methyl/N-ethyl adjacent to an activating group) is 1. The first-order valence-corrected chi connectivity index (χ1v) is 9.38. The van der Waals surface area contributed by atoms with E-state index in [-0.39, 0.29) is 36.5 Å². The lowest BCUT2D eigenvalue weighted by atomic mass is 10.1. The smallest absolute Gasteiger partial charge is 0.273 e. The number of benzene rings is 1. The molecule has 0 aliphatic carbocycles. The van der Waals surface area contributed by atoms with Gasteiger partial charge in [0, 0.05) is 19.6 Å². The number of amides is 1. The minimum Gasteiger partial charge on any atom is -0.349 e. The third-order valence-corrected chi connectivity index (χ3v) is 4.94. The number of piperidine rings is 1. The lowest BCUT2D eigenvalue weighted by Crippen LogP contribution is -2.33. The van der Waals surface area contributed by atoms with Gasteiger partial charge in [0.2, 0.25) is 0 Å². The van der Waals surface area contributed by atoms with E-state index in [0.717, 1.165) is 37.2 Å². The zero-order valence-electron chi connectivity index (χ0n) is 16.7. The summed E-state index contributed by atoms with van der Waals surface area (Å²) < 4.78 is 14.8. The quantitative estimate of drug-likeness (QED) is 0.682. The number of halogens is 3. The van der Waals surface area contributed by atoms with Crippen molar-refractivity contribution in [2.45, 2.75) is 32.4 Å². The third kappa shape index (κ3) is 6.92. The minimum atomic E-state index is -0.235. The van der Waals surface area contributed by atoms with Gasteiger partial charge in [-0.3, -0.25) is 4.79 Å². The number of carbonyl (C=O) groups excluding carboxylic acids is 1. The normalized spacial score (nSPS) is 14.2. The van der Waals surface area contributed by atoms with Gasteiger partial charge in [-0.15, -0.1) is 29.9 Å². The van der Waals surface area contributed by atoms with Gasteiger partial charge in [0.1, 0.15) is 5.82 Å². The molecule has 0 unspecified atom stereocenters. The van der Waals surface area contributed by atoms with Crippen LogP contribution in [-0.2, 0) is 6.54 Å². The fourth-order valence-electron chi connectivity index (χ4n) is 3.37. The van der Waals surface area contributed by atoms with Crippen molar-refractivity contribution in [1.82, 2.24) is 30.5 Å². The number of rotatable bonds is 7. The molecule has 0 atom stereocenters. The van der Waals surface area contributed by atoms with E-state index in [1.165, 1.54) is 12.1 Å². The Morgan fingerprint density at radius 3 is 2.59 bits per heavy atom. The Kier molecular flexibility index (Phi) is 10.5. The Morgan fingerprint density at radius 1 is 1.28 bits per heavy atom. The molecule has 0 spiro atoms. The van der Waals surface area contributed by atoms with Crippen LogP contribution in [0.2, 0.25) is 0 Å². The van der Waals surface area contributed by atoms with Crippen LogP contribution >= 0.6 is 24.8 Å². The predicted octanol–water partition coefficient (Wildman–Crippen LogP) is 2.36. The summed E-state index contributed by atoms with van der Waals surface area (Å²) in [5, 5.41) is 14.5. The fourth-order valence-corrected chi connectivity index (χ4v) is 3.37. The average Bonchev–Trinajstić information content (AvgIpc) is 3.06. The number of aromatic nitrogens is 3. The monoisotopic (exact) mass is 446 g/mol. The lowest BCUT2D eigenvalue weighted by Gasteiger charge is -2.23. The van der Waals surface area contributed by atoms with E-state index < -0.39 is 0 Å². The van der Waals surface area contributed by atoms with E-state index >= 15 is 0 Å². The van der Waals surface area contributed by atoms with Crippen LogP contribution < -0.4 is 10.6 Å². The van der Waals surface area contributed by atoms with Gasteiger partial charge in [0.05, 0.1) is 11.7 Å². The summed E-state index contributed by atoms with van der Waals surface area (Å²) in [6, 6.07) is 6.76. The highest BCUT2D eigenvalue weighted by atomic mass is 35.5. The molecule has 1 saturated heterocycles. The van der Waals surface area contributed by atoms with Crippen molar-refractivity contribution in [1.29, 1.82) is 0 Å². The number of nitrogens with zero attached hydrogens (tertiary/aromatic N) is 4. The van der Waals surface area contributed by atoms with E-state index in [1.807, 2.05) is 18.7 Å². The highest BCUT2D eigenvalue weighted by Gasteiger charge is 2.22. The van der Waals surface area contributed by atoms with Gasteiger partial charge >= 0.3 is 0 Å². The van der Waals surface area contributed by atoms with Crippen molar-refractivity contribution in [2.75, 3.05) is 33.2 Å². The number of hydrogen-bond donors (Lipinski definition) is 2. The summed E-state index contributed by atoms with van der Waals surface area (Å²) in [6.45, 7) is 5.72. The van der Waals surface area contributed by atoms with Gasteiger partial charge in [-0.2, -0.15) is 0 Å². The van der Waals surface area contributed by atoms with Crippen molar-refractivity contribution >= 4 is 30.7 Å². The van der Waals surface area contributed by atoms with Crippen LogP contribution in [0, 0.1) is 12.7 Å². The minimum absolute atomic E-state index is 0. The molecule has 2 heterocycles. The van der Waals surface area contributed by atoms with Gasteiger partial charge in [-0.1, -0.05) is 17.3 Å². The van der Waals surface area contributed by atoms with Crippen molar-refractivity contribution in [3.8, 4) is 0 Å². The lowest BCUT2D eigenvalue weighted by molar-refractivity contribution is 0.0944. The molecule has 29 heavy (non-hydrogen) atoms. The SMILES string of the molecule is Cc1c(C(=O)NCCN(C)Cc2ccc(F)cc2)nnn1C1CCNCC1.Cl.Cl. The molecule has 0 saturated carbocycles. The maximum atomic E-state index is 13.0. The van der Waals surface area contributed by atoms with Crippen LogP contribution in [0.1, 0.15) is 40.6 Å². The molecule has 162 valence electrons. The summed E-state index contributed by atoms with van der Waals surface area (Å²) in [5.74, 6) is -0.426. The van der Waals surface area contributed by atoms with Crippen LogP contribution in [0.5, 0.6) is 0 Å². The highest BCUT2D eigenvalue weighted by Crippen LogP contribution is 2.20. The molecule has 0 radical (unpaired) electrons. The van der Waals surface area contributed by atoms with Crippen molar-refractivity contribution in [2.24, 2.45) is 0 Å². The van der Waals surface area contributed by atoms with Gasteiger partial charge in [-0.05, 0) is 57.6 Å². The average molecular weight is 447 g/mol. The van der Waals surface area contributed by atoms with E-state index in [0.29, 0.717) is 31.4 Å². The molecule has 1 aromatic carbocycles. The molecule has 2 aromatic rings. The van der Waals surface area contributed by atoms with E-state index in [9.17, 15) is 9.18 Å². The van der Waals surface area contributed by atoms with E-state index in [2.05, 4.69) is 25.8 Å². The van der Waals surface area contributed by atoms with Crippen LogP contribution in [-0.4, -0.2) is 59.0 Å². The Balaban J connectivity index is 0.00000210. The first-order valence-electron chi connectivity index (χ1n) is 9.38.